The minimum atomic E-state index is -0.540. The highest BCUT2D eigenvalue weighted by Crippen LogP contribution is 2.43. The van der Waals surface area contributed by atoms with Gasteiger partial charge in [0.25, 0.3) is 0 Å². The van der Waals surface area contributed by atoms with Gasteiger partial charge in [-0.3, -0.25) is 0 Å². The summed E-state index contributed by atoms with van der Waals surface area (Å²) in [5, 5.41) is 0. The van der Waals surface area contributed by atoms with Crippen molar-refractivity contribution in [1.29, 1.82) is 0 Å². The summed E-state index contributed by atoms with van der Waals surface area (Å²) in [6.07, 6.45) is 2.44. The molecule has 0 spiro atoms. The highest BCUT2D eigenvalue weighted by atomic mass is 17.2. The Kier molecular flexibility index (Phi) is 3.20. The van der Waals surface area contributed by atoms with Gasteiger partial charge in [0.15, 0.2) is 5.60 Å². The maximum absolute atomic E-state index is 5.74. The Morgan fingerprint density at radius 3 is 1.89 bits per heavy atom. The van der Waals surface area contributed by atoms with Gasteiger partial charge in [-0.05, 0) is 11.1 Å². The minimum absolute atomic E-state index is 0.0830. The molecule has 0 radical (unpaired) electrons. The van der Waals surface area contributed by atoms with Crippen molar-refractivity contribution < 1.29 is 9.78 Å². The van der Waals surface area contributed by atoms with Gasteiger partial charge in [-0.25, -0.2) is 9.78 Å². The van der Waals surface area contributed by atoms with E-state index in [0.717, 1.165) is 17.5 Å². The number of rotatable bonds is 3. The third-order valence-electron chi connectivity index (χ3n) is 3.55. The first-order chi connectivity index (χ1) is 9.35. The van der Waals surface area contributed by atoms with Gasteiger partial charge in [-0.1, -0.05) is 66.7 Å². The molecule has 1 unspecified atom stereocenters. The van der Waals surface area contributed by atoms with Gasteiger partial charge in [0.05, 0.1) is 0 Å². The van der Waals surface area contributed by atoms with Gasteiger partial charge in [-0.15, -0.1) is 6.58 Å². The fraction of sp³-hybridized carbons (Fsp3) is 0.176. The summed E-state index contributed by atoms with van der Waals surface area (Å²) >= 11 is 0. The summed E-state index contributed by atoms with van der Waals surface area (Å²) in [7, 11) is 0. The van der Waals surface area contributed by atoms with Crippen LogP contribution in [-0.4, -0.2) is 6.10 Å². The minimum Gasteiger partial charge on any atom is -0.228 e. The Morgan fingerprint density at radius 2 is 1.47 bits per heavy atom. The van der Waals surface area contributed by atoms with E-state index in [9.17, 15) is 0 Å². The van der Waals surface area contributed by atoms with E-state index in [1.807, 2.05) is 36.4 Å². The molecule has 0 amide bonds. The van der Waals surface area contributed by atoms with E-state index in [0.29, 0.717) is 0 Å². The first kappa shape index (κ1) is 12.2. The van der Waals surface area contributed by atoms with Crippen LogP contribution in [0.25, 0.3) is 0 Å². The van der Waals surface area contributed by atoms with E-state index >= 15 is 0 Å². The SMILES string of the molecule is C=CC1CC(c2ccccc2)(c2ccccc2)OO1. The van der Waals surface area contributed by atoms with E-state index in [-0.39, 0.29) is 6.10 Å². The van der Waals surface area contributed by atoms with Gasteiger partial charge in [0, 0.05) is 6.42 Å². The molecule has 2 heteroatoms. The second-order valence-corrected chi connectivity index (χ2v) is 4.72. The van der Waals surface area contributed by atoms with Gasteiger partial charge < -0.3 is 0 Å². The predicted octanol–water partition coefficient (Wildman–Crippen LogP) is 3.84. The second-order valence-electron chi connectivity index (χ2n) is 4.72. The van der Waals surface area contributed by atoms with Crippen molar-refractivity contribution in [1.82, 2.24) is 0 Å². The largest absolute Gasteiger partial charge is 0.228 e. The van der Waals surface area contributed by atoms with E-state index in [1.54, 1.807) is 6.08 Å². The molecule has 0 bridgehead atoms. The summed E-state index contributed by atoms with van der Waals surface area (Å²) in [5.41, 5.74) is 1.66. The molecule has 2 aromatic rings. The van der Waals surface area contributed by atoms with Crippen LogP contribution in [0.1, 0.15) is 17.5 Å². The maximum atomic E-state index is 5.74. The molecule has 0 aromatic heterocycles. The van der Waals surface area contributed by atoms with E-state index in [2.05, 4.69) is 30.8 Å². The molecule has 1 fully saturated rings. The second kappa shape index (κ2) is 5.00. The molecular weight excluding hydrogens is 236 g/mol. The van der Waals surface area contributed by atoms with Crippen LogP contribution in [0.3, 0.4) is 0 Å². The highest BCUT2D eigenvalue weighted by Gasteiger charge is 2.44. The summed E-state index contributed by atoms with van der Waals surface area (Å²) in [4.78, 5) is 11.2. The first-order valence-electron chi connectivity index (χ1n) is 6.43. The van der Waals surface area contributed by atoms with Crippen LogP contribution in [0.4, 0.5) is 0 Å². The van der Waals surface area contributed by atoms with Gasteiger partial charge in [0.1, 0.15) is 6.10 Å². The third-order valence-corrected chi connectivity index (χ3v) is 3.55. The molecule has 19 heavy (non-hydrogen) atoms. The van der Waals surface area contributed by atoms with Crippen LogP contribution >= 0.6 is 0 Å². The number of hydrogen-bond acceptors (Lipinski definition) is 2. The van der Waals surface area contributed by atoms with E-state index < -0.39 is 5.60 Å². The van der Waals surface area contributed by atoms with Crippen molar-refractivity contribution in [2.75, 3.05) is 0 Å². The number of hydrogen-bond donors (Lipinski definition) is 0. The molecule has 0 saturated carbocycles. The van der Waals surface area contributed by atoms with Crippen molar-refractivity contribution in [3.05, 3.63) is 84.4 Å². The quantitative estimate of drug-likeness (QED) is 0.610. The third kappa shape index (κ3) is 2.09. The van der Waals surface area contributed by atoms with Crippen molar-refractivity contribution in [3.63, 3.8) is 0 Å². The van der Waals surface area contributed by atoms with Crippen LogP contribution in [-0.2, 0) is 15.4 Å². The Labute approximate surface area is 113 Å². The molecule has 1 aliphatic rings. The van der Waals surface area contributed by atoms with Crippen LogP contribution in [0, 0.1) is 0 Å². The fourth-order valence-electron chi connectivity index (χ4n) is 2.53. The molecule has 0 N–H and O–H groups in total. The van der Waals surface area contributed by atoms with Gasteiger partial charge in [0.2, 0.25) is 0 Å². The molecular formula is C17H16O2. The lowest BCUT2D eigenvalue weighted by Gasteiger charge is -2.26. The zero-order valence-electron chi connectivity index (χ0n) is 10.7. The van der Waals surface area contributed by atoms with Crippen molar-refractivity contribution in [2.45, 2.75) is 18.1 Å². The van der Waals surface area contributed by atoms with Gasteiger partial charge >= 0.3 is 0 Å². The van der Waals surface area contributed by atoms with Crippen molar-refractivity contribution in [2.24, 2.45) is 0 Å². The van der Waals surface area contributed by atoms with Crippen molar-refractivity contribution in [3.8, 4) is 0 Å². The summed E-state index contributed by atoms with van der Waals surface area (Å²) < 4.78 is 0. The van der Waals surface area contributed by atoms with E-state index in [1.165, 1.54) is 0 Å². The summed E-state index contributed by atoms with van der Waals surface area (Å²) in [6.45, 7) is 3.79. The normalized spacial score (nSPS) is 21.2. The fourth-order valence-corrected chi connectivity index (χ4v) is 2.53. The molecule has 1 heterocycles. The highest BCUT2D eigenvalue weighted by molar-refractivity contribution is 5.37. The van der Waals surface area contributed by atoms with Crippen LogP contribution in [0.15, 0.2) is 73.3 Å². The molecule has 1 aliphatic heterocycles. The van der Waals surface area contributed by atoms with Crippen molar-refractivity contribution >= 4 is 0 Å². The molecule has 0 aliphatic carbocycles. The van der Waals surface area contributed by atoms with Crippen LogP contribution in [0.5, 0.6) is 0 Å². The van der Waals surface area contributed by atoms with Gasteiger partial charge in [-0.2, -0.15) is 0 Å². The maximum Gasteiger partial charge on any atom is 0.156 e. The Balaban J connectivity index is 2.10. The predicted molar refractivity (Wildman–Crippen MR) is 74.4 cm³/mol. The molecule has 1 atom stereocenters. The van der Waals surface area contributed by atoms with Crippen LogP contribution in [0.2, 0.25) is 0 Å². The standard InChI is InChI=1S/C17H16O2/c1-2-16-13-17(19-18-16,14-9-5-3-6-10-14)15-11-7-4-8-12-15/h2-12,16H,1,13H2. The molecule has 3 rings (SSSR count). The molecule has 96 valence electrons. The topological polar surface area (TPSA) is 18.5 Å². The lowest BCUT2D eigenvalue weighted by molar-refractivity contribution is -0.314. The first-order valence-corrected chi connectivity index (χ1v) is 6.43. The van der Waals surface area contributed by atoms with E-state index in [4.69, 9.17) is 9.78 Å². The monoisotopic (exact) mass is 252 g/mol. The number of benzene rings is 2. The average molecular weight is 252 g/mol. The molecule has 2 aromatic carbocycles. The van der Waals surface area contributed by atoms with Crippen LogP contribution < -0.4 is 0 Å². The lowest BCUT2D eigenvalue weighted by Crippen LogP contribution is -2.26. The lowest BCUT2D eigenvalue weighted by atomic mass is 9.82. The summed E-state index contributed by atoms with van der Waals surface area (Å²) in [6, 6.07) is 20.4. The summed E-state index contributed by atoms with van der Waals surface area (Å²) in [5.74, 6) is 0. The smallest absolute Gasteiger partial charge is 0.156 e. The zero-order chi connectivity index (χ0) is 13.1. The average Bonchev–Trinajstić information content (AvgIpc) is 2.95. The molecule has 1 saturated heterocycles. The Hall–Kier alpha value is -1.90. The Bertz CT molecular complexity index is 508. The molecule has 2 nitrogen and oxygen atoms in total. The Morgan fingerprint density at radius 1 is 0.947 bits per heavy atom. The zero-order valence-corrected chi connectivity index (χ0v) is 10.7.